The molecule has 0 aliphatic heterocycles. The molecule has 1 atom stereocenters. The Kier molecular flexibility index (Phi) is 6.49. The van der Waals surface area contributed by atoms with Crippen molar-refractivity contribution in [2.24, 2.45) is 5.92 Å². The summed E-state index contributed by atoms with van der Waals surface area (Å²) in [6.07, 6.45) is 2.33. The predicted octanol–water partition coefficient (Wildman–Crippen LogP) is 2.49. The van der Waals surface area contributed by atoms with Crippen LogP contribution in [0.5, 0.6) is 5.75 Å². The van der Waals surface area contributed by atoms with Gasteiger partial charge in [0.05, 0.1) is 4.90 Å². The van der Waals surface area contributed by atoms with E-state index in [1.165, 1.54) is 6.26 Å². The molecule has 0 aliphatic carbocycles. The fourth-order valence-electron chi connectivity index (χ4n) is 1.75. The minimum atomic E-state index is -3.19. The highest BCUT2D eigenvalue weighted by atomic mass is 32.2. The van der Waals surface area contributed by atoms with E-state index in [0.717, 1.165) is 19.5 Å². The Morgan fingerprint density at radius 2 is 1.95 bits per heavy atom. The number of benzene rings is 1. The lowest BCUT2D eigenvalue weighted by atomic mass is 10.1. The molecule has 1 N–H and O–H groups in total. The van der Waals surface area contributed by atoms with Crippen LogP contribution in [0.4, 0.5) is 0 Å². The SMILES string of the molecule is CC(C)CCNCC(C)Oc1cccc(S(C)(=O)=O)c1. The van der Waals surface area contributed by atoms with Gasteiger partial charge in [-0.3, -0.25) is 0 Å². The van der Waals surface area contributed by atoms with Gasteiger partial charge in [-0.15, -0.1) is 0 Å². The minimum absolute atomic E-state index is 0.00280. The minimum Gasteiger partial charge on any atom is -0.489 e. The molecule has 1 unspecified atom stereocenters. The van der Waals surface area contributed by atoms with Gasteiger partial charge in [0.15, 0.2) is 9.84 Å². The van der Waals surface area contributed by atoms with E-state index in [1.54, 1.807) is 24.3 Å². The normalized spacial score (nSPS) is 13.4. The third kappa shape index (κ3) is 6.39. The lowest BCUT2D eigenvalue weighted by molar-refractivity contribution is 0.216. The topological polar surface area (TPSA) is 55.4 Å². The van der Waals surface area contributed by atoms with Gasteiger partial charge in [0.1, 0.15) is 11.9 Å². The van der Waals surface area contributed by atoms with Crippen LogP contribution in [0.2, 0.25) is 0 Å². The highest BCUT2D eigenvalue weighted by molar-refractivity contribution is 7.90. The van der Waals surface area contributed by atoms with Gasteiger partial charge in [-0.2, -0.15) is 0 Å². The number of ether oxygens (including phenoxy) is 1. The summed E-state index contributed by atoms with van der Waals surface area (Å²) in [7, 11) is -3.19. The summed E-state index contributed by atoms with van der Waals surface area (Å²) in [4.78, 5) is 0.287. The molecule has 5 heteroatoms. The smallest absolute Gasteiger partial charge is 0.175 e. The van der Waals surface area contributed by atoms with Crippen LogP contribution >= 0.6 is 0 Å². The fourth-order valence-corrected chi connectivity index (χ4v) is 2.40. The van der Waals surface area contributed by atoms with Crippen LogP contribution in [0.15, 0.2) is 29.2 Å². The van der Waals surface area contributed by atoms with E-state index in [9.17, 15) is 8.42 Å². The van der Waals surface area contributed by atoms with Crippen molar-refractivity contribution in [3.63, 3.8) is 0 Å². The van der Waals surface area contributed by atoms with Crippen LogP contribution < -0.4 is 10.1 Å². The predicted molar refractivity (Wildman–Crippen MR) is 82.0 cm³/mol. The Hall–Kier alpha value is -1.07. The van der Waals surface area contributed by atoms with E-state index in [2.05, 4.69) is 19.2 Å². The van der Waals surface area contributed by atoms with E-state index in [0.29, 0.717) is 11.7 Å². The number of hydrogen-bond acceptors (Lipinski definition) is 4. The van der Waals surface area contributed by atoms with Gasteiger partial charge in [0, 0.05) is 12.8 Å². The van der Waals surface area contributed by atoms with Crippen molar-refractivity contribution in [1.82, 2.24) is 5.32 Å². The zero-order chi connectivity index (χ0) is 15.2. The summed E-state index contributed by atoms with van der Waals surface area (Å²) in [6.45, 7) is 8.07. The Morgan fingerprint density at radius 1 is 1.25 bits per heavy atom. The summed E-state index contributed by atoms with van der Waals surface area (Å²) in [5.74, 6) is 1.27. The Balaban J connectivity index is 2.48. The molecule has 20 heavy (non-hydrogen) atoms. The molecule has 0 heterocycles. The van der Waals surface area contributed by atoms with Crippen LogP contribution in [0, 0.1) is 5.92 Å². The molecular formula is C15H25NO3S. The Labute approximate surface area is 122 Å². The average molecular weight is 299 g/mol. The molecule has 1 rings (SSSR count). The first-order valence-electron chi connectivity index (χ1n) is 6.96. The summed E-state index contributed by atoms with van der Waals surface area (Å²) >= 11 is 0. The summed E-state index contributed by atoms with van der Waals surface area (Å²) in [5.41, 5.74) is 0. The molecule has 0 aromatic heterocycles. The van der Waals surface area contributed by atoms with Gasteiger partial charge in [-0.1, -0.05) is 19.9 Å². The second kappa shape index (κ2) is 7.64. The van der Waals surface area contributed by atoms with E-state index in [1.807, 2.05) is 6.92 Å². The van der Waals surface area contributed by atoms with Crippen molar-refractivity contribution in [3.8, 4) is 5.75 Å². The zero-order valence-corrected chi connectivity index (χ0v) is 13.5. The largest absolute Gasteiger partial charge is 0.489 e. The second-order valence-electron chi connectivity index (χ2n) is 5.56. The molecule has 0 amide bonds. The van der Waals surface area contributed by atoms with Crippen LogP contribution in [0.1, 0.15) is 27.2 Å². The van der Waals surface area contributed by atoms with Crippen molar-refractivity contribution in [2.45, 2.75) is 38.2 Å². The molecule has 0 spiro atoms. The third-order valence-corrected chi connectivity index (χ3v) is 4.01. The molecule has 0 saturated carbocycles. The average Bonchev–Trinajstić information content (AvgIpc) is 2.34. The lowest BCUT2D eigenvalue weighted by Crippen LogP contribution is -2.30. The molecule has 4 nitrogen and oxygen atoms in total. The van der Waals surface area contributed by atoms with Crippen LogP contribution in [0.25, 0.3) is 0 Å². The monoisotopic (exact) mass is 299 g/mol. The number of hydrogen-bond donors (Lipinski definition) is 1. The van der Waals surface area contributed by atoms with E-state index < -0.39 is 9.84 Å². The maximum Gasteiger partial charge on any atom is 0.175 e. The molecule has 1 aromatic rings. The number of nitrogens with one attached hydrogen (secondary N) is 1. The Morgan fingerprint density at radius 3 is 2.55 bits per heavy atom. The molecule has 0 radical (unpaired) electrons. The van der Waals surface area contributed by atoms with Crippen molar-refractivity contribution in [1.29, 1.82) is 0 Å². The summed E-state index contributed by atoms with van der Waals surface area (Å²) in [6, 6.07) is 6.62. The highest BCUT2D eigenvalue weighted by Crippen LogP contribution is 2.18. The quantitative estimate of drug-likeness (QED) is 0.749. The summed E-state index contributed by atoms with van der Waals surface area (Å²) in [5, 5.41) is 3.34. The number of sulfone groups is 1. The summed E-state index contributed by atoms with van der Waals surface area (Å²) < 4.78 is 28.7. The first-order valence-corrected chi connectivity index (χ1v) is 8.85. The molecule has 0 saturated heterocycles. The lowest BCUT2D eigenvalue weighted by Gasteiger charge is -2.16. The van der Waals surface area contributed by atoms with E-state index in [-0.39, 0.29) is 11.0 Å². The van der Waals surface area contributed by atoms with Gasteiger partial charge >= 0.3 is 0 Å². The molecule has 114 valence electrons. The van der Waals surface area contributed by atoms with Gasteiger partial charge in [-0.25, -0.2) is 8.42 Å². The van der Waals surface area contributed by atoms with Crippen LogP contribution in [0.3, 0.4) is 0 Å². The van der Waals surface area contributed by atoms with Gasteiger partial charge in [0.2, 0.25) is 0 Å². The molecule has 0 bridgehead atoms. The molecule has 0 fully saturated rings. The second-order valence-corrected chi connectivity index (χ2v) is 7.58. The van der Waals surface area contributed by atoms with Gasteiger partial charge in [0.25, 0.3) is 0 Å². The van der Waals surface area contributed by atoms with Crippen molar-refractivity contribution >= 4 is 9.84 Å². The van der Waals surface area contributed by atoms with Crippen molar-refractivity contribution in [3.05, 3.63) is 24.3 Å². The van der Waals surface area contributed by atoms with Gasteiger partial charge in [-0.05, 0) is 44.0 Å². The highest BCUT2D eigenvalue weighted by Gasteiger charge is 2.09. The van der Waals surface area contributed by atoms with Crippen molar-refractivity contribution in [2.75, 3.05) is 19.3 Å². The Bertz CT molecular complexity index is 512. The standard InChI is InChI=1S/C15H25NO3S/c1-12(2)8-9-16-11-13(3)19-14-6-5-7-15(10-14)20(4,17)18/h5-7,10,12-13,16H,8-9,11H2,1-4H3. The first kappa shape index (κ1) is 17.0. The first-order chi connectivity index (χ1) is 9.29. The van der Waals surface area contributed by atoms with E-state index in [4.69, 9.17) is 4.74 Å². The maximum atomic E-state index is 11.5. The van der Waals surface area contributed by atoms with Crippen LogP contribution in [-0.4, -0.2) is 33.9 Å². The molecule has 1 aromatic carbocycles. The molecule has 0 aliphatic rings. The van der Waals surface area contributed by atoms with Crippen LogP contribution in [-0.2, 0) is 9.84 Å². The zero-order valence-electron chi connectivity index (χ0n) is 12.7. The third-order valence-electron chi connectivity index (χ3n) is 2.90. The van der Waals surface area contributed by atoms with Crippen molar-refractivity contribution < 1.29 is 13.2 Å². The maximum absolute atomic E-state index is 11.5. The molecular weight excluding hydrogens is 274 g/mol. The number of rotatable bonds is 8. The van der Waals surface area contributed by atoms with Gasteiger partial charge < -0.3 is 10.1 Å². The van der Waals surface area contributed by atoms with E-state index >= 15 is 0 Å². The fraction of sp³-hybridized carbons (Fsp3) is 0.600.